The zero-order valence-electron chi connectivity index (χ0n) is 13.2. The van der Waals surface area contributed by atoms with E-state index in [-0.39, 0.29) is 5.91 Å². The Hall–Kier alpha value is -1.36. The number of hydrogen-bond acceptors (Lipinski definition) is 4. The van der Waals surface area contributed by atoms with Crippen molar-refractivity contribution in [3.8, 4) is 0 Å². The van der Waals surface area contributed by atoms with Crippen LogP contribution in [0.3, 0.4) is 0 Å². The third-order valence-corrected chi connectivity index (χ3v) is 4.01. The van der Waals surface area contributed by atoms with Gasteiger partial charge >= 0.3 is 0 Å². The molecule has 1 heterocycles. The molecule has 1 aliphatic rings. The number of rotatable bonds is 6. The smallest absolute Gasteiger partial charge is 0.241 e. The molecule has 5 nitrogen and oxygen atoms in total. The molecule has 1 saturated carbocycles. The van der Waals surface area contributed by atoms with Crippen molar-refractivity contribution in [3.05, 3.63) is 16.5 Å². The van der Waals surface area contributed by atoms with Crippen LogP contribution in [0.5, 0.6) is 0 Å². The Bertz CT molecular complexity index is 529. The molecular weight excluding hydrogens is 288 g/mol. The summed E-state index contributed by atoms with van der Waals surface area (Å²) < 4.78 is 0. The van der Waals surface area contributed by atoms with Crippen LogP contribution in [0.25, 0.3) is 0 Å². The molecule has 0 bridgehead atoms. The van der Waals surface area contributed by atoms with Crippen molar-refractivity contribution in [2.75, 3.05) is 32.1 Å². The van der Waals surface area contributed by atoms with E-state index in [2.05, 4.69) is 16.9 Å². The van der Waals surface area contributed by atoms with Gasteiger partial charge in [-0.15, -0.1) is 0 Å². The van der Waals surface area contributed by atoms with E-state index >= 15 is 0 Å². The molecule has 1 aromatic rings. The van der Waals surface area contributed by atoms with E-state index in [9.17, 15) is 4.79 Å². The molecule has 1 aromatic heterocycles. The lowest BCUT2D eigenvalue weighted by molar-refractivity contribution is -0.127. The number of likely N-dealkylation sites (N-methyl/N-ethyl adjacent to an activating group) is 1. The topological polar surface area (TPSA) is 49.3 Å². The van der Waals surface area contributed by atoms with Crippen molar-refractivity contribution in [3.63, 3.8) is 0 Å². The van der Waals surface area contributed by atoms with Crippen molar-refractivity contribution >= 4 is 23.3 Å². The lowest BCUT2D eigenvalue weighted by Crippen LogP contribution is -2.38. The van der Waals surface area contributed by atoms with Gasteiger partial charge in [0.05, 0.1) is 6.54 Å². The summed E-state index contributed by atoms with van der Waals surface area (Å²) in [4.78, 5) is 24.7. The van der Waals surface area contributed by atoms with E-state index in [1.165, 1.54) is 0 Å². The fraction of sp³-hybridized carbons (Fsp3) is 0.667. The average molecular weight is 311 g/mol. The van der Waals surface area contributed by atoms with Gasteiger partial charge in [-0.1, -0.05) is 18.5 Å². The fourth-order valence-corrected chi connectivity index (χ4v) is 2.33. The molecule has 0 spiro atoms. The van der Waals surface area contributed by atoms with Gasteiger partial charge in [-0.2, -0.15) is 0 Å². The molecule has 116 valence electrons. The van der Waals surface area contributed by atoms with Crippen molar-refractivity contribution in [2.24, 2.45) is 0 Å². The first-order valence-electron chi connectivity index (χ1n) is 7.43. The number of carbonyl (C=O) groups excluding carboxylic acids is 1. The van der Waals surface area contributed by atoms with Gasteiger partial charge in [0.25, 0.3) is 0 Å². The van der Waals surface area contributed by atoms with Crippen molar-refractivity contribution in [2.45, 2.75) is 39.0 Å². The number of amides is 1. The molecule has 1 amide bonds. The van der Waals surface area contributed by atoms with E-state index in [1.807, 2.05) is 11.8 Å². The first-order chi connectivity index (χ1) is 9.93. The van der Waals surface area contributed by atoms with Gasteiger partial charge in [-0.3, -0.25) is 4.79 Å². The molecule has 0 N–H and O–H groups in total. The summed E-state index contributed by atoms with van der Waals surface area (Å²) in [7, 11) is 3.53. The second kappa shape index (κ2) is 6.60. The van der Waals surface area contributed by atoms with Crippen LogP contribution in [-0.2, 0) is 4.79 Å². The third-order valence-electron chi connectivity index (χ3n) is 3.64. The number of carbonyl (C=O) groups is 1. The second-order valence-electron chi connectivity index (χ2n) is 5.81. The van der Waals surface area contributed by atoms with Gasteiger partial charge < -0.3 is 9.80 Å². The Balaban J connectivity index is 2.31. The number of halogens is 1. The molecule has 0 aliphatic heterocycles. The third kappa shape index (κ3) is 3.84. The van der Waals surface area contributed by atoms with Gasteiger partial charge in [0.1, 0.15) is 16.8 Å². The Morgan fingerprint density at radius 2 is 2.00 bits per heavy atom. The monoisotopic (exact) mass is 310 g/mol. The standard InChI is InChI=1S/C15H23ClN4O/c1-5-8-20(9-12(21)19(3)4)15-10(2)13(16)17-14(18-15)11-6-7-11/h11H,5-9H2,1-4H3. The van der Waals surface area contributed by atoms with Crippen molar-refractivity contribution in [1.29, 1.82) is 0 Å². The highest BCUT2D eigenvalue weighted by Crippen LogP contribution is 2.39. The first-order valence-corrected chi connectivity index (χ1v) is 7.81. The van der Waals surface area contributed by atoms with Gasteiger partial charge in [0.15, 0.2) is 0 Å². The minimum atomic E-state index is 0.0607. The van der Waals surface area contributed by atoms with Gasteiger partial charge in [0, 0.05) is 32.1 Å². The quantitative estimate of drug-likeness (QED) is 0.758. The van der Waals surface area contributed by atoms with Crippen molar-refractivity contribution in [1.82, 2.24) is 14.9 Å². The molecule has 21 heavy (non-hydrogen) atoms. The zero-order valence-corrected chi connectivity index (χ0v) is 13.9. The van der Waals surface area contributed by atoms with Crippen LogP contribution in [0.1, 0.15) is 43.5 Å². The maximum absolute atomic E-state index is 12.0. The van der Waals surface area contributed by atoms with E-state index in [1.54, 1.807) is 19.0 Å². The molecule has 0 aromatic carbocycles. The minimum absolute atomic E-state index is 0.0607. The summed E-state index contributed by atoms with van der Waals surface area (Å²) in [6.45, 7) is 5.10. The van der Waals surface area contributed by atoms with E-state index in [0.717, 1.165) is 43.0 Å². The van der Waals surface area contributed by atoms with Crippen LogP contribution < -0.4 is 4.90 Å². The van der Waals surface area contributed by atoms with Gasteiger partial charge in [-0.05, 0) is 26.2 Å². The lowest BCUT2D eigenvalue weighted by Gasteiger charge is -2.26. The van der Waals surface area contributed by atoms with Crippen LogP contribution in [-0.4, -0.2) is 48.0 Å². The molecule has 0 radical (unpaired) electrons. The Morgan fingerprint density at radius 3 is 2.52 bits per heavy atom. The maximum atomic E-state index is 12.0. The molecule has 1 fully saturated rings. The molecule has 0 atom stereocenters. The Labute approximate surface area is 131 Å². The minimum Gasteiger partial charge on any atom is -0.347 e. The number of aromatic nitrogens is 2. The average Bonchev–Trinajstić information content (AvgIpc) is 3.25. The SMILES string of the molecule is CCCN(CC(=O)N(C)C)c1nc(C2CC2)nc(Cl)c1C. The van der Waals surface area contributed by atoms with Gasteiger partial charge in [-0.25, -0.2) is 9.97 Å². The first kappa shape index (κ1) is 16.0. The second-order valence-corrected chi connectivity index (χ2v) is 6.16. The summed E-state index contributed by atoms with van der Waals surface area (Å²) >= 11 is 6.26. The highest BCUT2D eigenvalue weighted by Gasteiger charge is 2.29. The van der Waals surface area contributed by atoms with E-state index < -0.39 is 0 Å². The fourth-order valence-electron chi connectivity index (χ4n) is 2.16. The van der Waals surface area contributed by atoms with E-state index in [4.69, 9.17) is 11.6 Å². The Kier molecular flexibility index (Phi) is 5.04. The summed E-state index contributed by atoms with van der Waals surface area (Å²) in [6, 6.07) is 0. The summed E-state index contributed by atoms with van der Waals surface area (Å²) in [6.07, 6.45) is 3.20. The zero-order chi connectivity index (χ0) is 15.6. The largest absolute Gasteiger partial charge is 0.347 e. The van der Waals surface area contributed by atoms with Crippen LogP contribution in [0.4, 0.5) is 5.82 Å². The summed E-state index contributed by atoms with van der Waals surface area (Å²) in [5.41, 5.74) is 0.848. The number of anilines is 1. The maximum Gasteiger partial charge on any atom is 0.241 e. The van der Waals surface area contributed by atoms with Gasteiger partial charge in [0.2, 0.25) is 5.91 Å². The molecule has 0 unspecified atom stereocenters. The number of nitrogens with zero attached hydrogens (tertiary/aromatic N) is 4. The lowest BCUT2D eigenvalue weighted by atomic mass is 10.2. The van der Waals surface area contributed by atoms with E-state index in [0.29, 0.717) is 17.6 Å². The van der Waals surface area contributed by atoms with Crippen LogP contribution in [0.2, 0.25) is 5.15 Å². The predicted octanol–water partition coefficient (Wildman–Crippen LogP) is 2.62. The highest BCUT2D eigenvalue weighted by molar-refractivity contribution is 6.30. The predicted molar refractivity (Wildman–Crippen MR) is 85.0 cm³/mol. The molecular formula is C15H23ClN4O. The number of hydrogen-bond donors (Lipinski definition) is 0. The normalized spacial score (nSPS) is 14.1. The molecule has 0 saturated heterocycles. The highest BCUT2D eigenvalue weighted by atomic mass is 35.5. The Morgan fingerprint density at radius 1 is 1.33 bits per heavy atom. The summed E-state index contributed by atoms with van der Waals surface area (Å²) in [5, 5.41) is 0.500. The van der Waals surface area contributed by atoms with Crippen LogP contribution >= 0.6 is 11.6 Å². The molecule has 6 heteroatoms. The molecule has 2 rings (SSSR count). The molecule has 1 aliphatic carbocycles. The van der Waals surface area contributed by atoms with Crippen LogP contribution in [0.15, 0.2) is 0 Å². The summed E-state index contributed by atoms with van der Waals surface area (Å²) in [5.74, 6) is 2.12. The van der Waals surface area contributed by atoms with Crippen LogP contribution in [0, 0.1) is 6.92 Å². The van der Waals surface area contributed by atoms with Crippen molar-refractivity contribution < 1.29 is 4.79 Å².